The van der Waals surface area contributed by atoms with Crippen molar-refractivity contribution in [2.45, 2.75) is 10.9 Å². The summed E-state index contributed by atoms with van der Waals surface area (Å²) < 4.78 is 0. The Bertz CT molecular complexity index is 513. The molecule has 0 bridgehead atoms. The molecule has 1 aromatic carbocycles. The molecule has 0 aliphatic rings. The molecule has 100 valence electrons. The average molecular weight is 278 g/mol. The van der Waals surface area contributed by atoms with Crippen molar-refractivity contribution >= 4 is 17.7 Å². The number of carbonyl (C=O) groups is 1. The molecule has 0 atom stereocenters. The van der Waals surface area contributed by atoms with Gasteiger partial charge in [0.05, 0.1) is 6.61 Å². The van der Waals surface area contributed by atoms with Crippen LogP contribution >= 0.6 is 11.8 Å². The molecule has 7 heteroatoms. The Balaban J connectivity index is 1.89. The van der Waals surface area contributed by atoms with Gasteiger partial charge >= 0.3 is 0 Å². The van der Waals surface area contributed by atoms with Crippen molar-refractivity contribution in [2.75, 3.05) is 13.2 Å². The van der Waals surface area contributed by atoms with E-state index in [1.807, 2.05) is 12.1 Å². The molecule has 0 spiro atoms. The Kier molecular flexibility index (Phi) is 4.93. The van der Waals surface area contributed by atoms with Gasteiger partial charge in [0.15, 0.2) is 5.16 Å². The fourth-order valence-electron chi connectivity index (χ4n) is 1.44. The molecule has 1 heterocycles. The second kappa shape index (κ2) is 6.91. The van der Waals surface area contributed by atoms with Crippen molar-refractivity contribution in [2.24, 2.45) is 0 Å². The van der Waals surface area contributed by atoms with E-state index in [1.165, 1.54) is 6.33 Å². The number of nitrogens with one attached hydrogen (secondary N) is 2. The van der Waals surface area contributed by atoms with Gasteiger partial charge in [-0.2, -0.15) is 5.10 Å². The van der Waals surface area contributed by atoms with Gasteiger partial charge in [-0.25, -0.2) is 4.98 Å². The first-order valence-corrected chi connectivity index (χ1v) is 6.74. The maximum Gasteiger partial charge on any atom is 0.251 e. The predicted octanol–water partition coefficient (Wildman–Crippen LogP) is 0.819. The number of aromatic nitrogens is 3. The third-order valence-electron chi connectivity index (χ3n) is 2.38. The van der Waals surface area contributed by atoms with Gasteiger partial charge in [-0.15, -0.1) is 0 Å². The molecular weight excluding hydrogens is 264 g/mol. The second-order valence-electron chi connectivity index (χ2n) is 3.76. The van der Waals surface area contributed by atoms with Crippen LogP contribution < -0.4 is 5.32 Å². The SMILES string of the molecule is O=C(NCCO)c1ccc(CSc2ncn[nH]2)cc1. The molecular formula is C12H14N4O2S. The van der Waals surface area contributed by atoms with E-state index in [0.29, 0.717) is 5.56 Å². The quantitative estimate of drug-likeness (QED) is 0.680. The van der Waals surface area contributed by atoms with Gasteiger partial charge in [-0.3, -0.25) is 9.89 Å². The summed E-state index contributed by atoms with van der Waals surface area (Å²) in [5, 5.41) is 18.6. The van der Waals surface area contributed by atoms with Gasteiger partial charge in [0.2, 0.25) is 0 Å². The molecule has 0 aliphatic carbocycles. The number of hydrogen-bond donors (Lipinski definition) is 3. The number of aliphatic hydroxyl groups is 1. The highest BCUT2D eigenvalue weighted by Crippen LogP contribution is 2.18. The lowest BCUT2D eigenvalue weighted by Gasteiger charge is -2.04. The maximum absolute atomic E-state index is 11.6. The highest BCUT2D eigenvalue weighted by Gasteiger charge is 2.04. The number of aromatic amines is 1. The number of nitrogens with zero attached hydrogens (tertiary/aromatic N) is 2. The molecule has 0 radical (unpaired) electrons. The first kappa shape index (κ1) is 13.6. The summed E-state index contributed by atoms with van der Waals surface area (Å²) in [6, 6.07) is 7.33. The normalized spacial score (nSPS) is 10.4. The summed E-state index contributed by atoms with van der Waals surface area (Å²) in [6.45, 7) is 0.208. The van der Waals surface area contributed by atoms with Crippen molar-refractivity contribution in [1.29, 1.82) is 0 Å². The molecule has 1 amide bonds. The number of benzene rings is 1. The van der Waals surface area contributed by atoms with E-state index in [2.05, 4.69) is 20.5 Å². The van der Waals surface area contributed by atoms with Gasteiger partial charge < -0.3 is 10.4 Å². The number of amides is 1. The van der Waals surface area contributed by atoms with Crippen LogP contribution in [0.1, 0.15) is 15.9 Å². The largest absolute Gasteiger partial charge is 0.395 e. The summed E-state index contributed by atoms with van der Waals surface area (Å²) in [6.07, 6.45) is 1.47. The van der Waals surface area contributed by atoms with E-state index in [4.69, 9.17) is 5.11 Å². The van der Waals surface area contributed by atoms with E-state index >= 15 is 0 Å². The second-order valence-corrected chi connectivity index (χ2v) is 4.72. The van der Waals surface area contributed by atoms with Crippen LogP contribution in [-0.4, -0.2) is 39.3 Å². The maximum atomic E-state index is 11.6. The zero-order valence-electron chi connectivity index (χ0n) is 10.2. The molecule has 0 aliphatic heterocycles. The van der Waals surface area contributed by atoms with E-state index in [1.54, 1.807) is 23.9 Å². The summed E-state index contributed by atoms with van der Waals surface area (Å²) in [4.78, 5) is 15.6. The fourth-order valence-corrected chi connectivity index (χ4v) is 2.17. The minimum Gasteiger partial charge on any atom is -0.395 e. The Morgan fingerprint density at radius 1 is 1.37 bits per heavy atom. The zero-order valence-corrected chi connectivity index (χ0v) is 11.0. The summed E-state index contributed by atoms with van der Waals surface area (Å²) in [7, 11) is 0. The van der Waals surface area contributed by atoms with Crippen LogP contribution in [0.15, 0.2) is 35.7 Å². The fraction of sp³-hybridized carbons (Fsp3) is 0.250. The standard InChI is InChI=1S/C12H14N4O2S/c17-6-5-13-11(18)10-3-1-9(2-4-10)7-19-12-14-8-15-16-12/h1-4,8,17H,5-7H2,(H,13,18)(H,14,15,16). The molecule has 6 nitrogen and oxygen atoms in total. The summed E-state index contributed by atoms with van der Waals surface area (Å²) in [5.74, 6) is 0.580. The van der Waals surface area contributed by atoms with Crippen molar-refractivity contribution in [1.82, 2.24) is 20.5 Å². The zero-order chi connectivity index (χ0) is 13.5. The molecule has 0 unspecified atom stereocenters. The molecule has 2 rings (SSSR count). The van der Waals surface area contributed by atoms with E-state index < -0.39 is 0 Å². The predicted molar refractivity (Wildman–Crippen MR) is 71.8 cm³/mol. The lowest BCUT2D eigenvalue weighted by Crippen LogP contribution is -2.26. The number of H-pyrrole nitrogens is 1. The molecule has 0 saturated heterocycles. The number of hydrogen-bond acceptors (Lipinski definition) is 5. The molecule has 0 saturated carbocycles. The lowest BCUT2D eigenvalue weighted by atomic mass is 10.1. The first-order valence-electron chi connectivity index (χ1n) is 5.76. The highest BCUT2D eigenvalue weighted by atomic mass is 32.2. The Labute approximate surface area is 114 Å². The Hall–Kier alpha value is -1.86. The minimum absolute atomic E-state index is 0.0579. The van der Waals surface area contributed by atoms with Crippen molar-refractivity contribution < 1.29 is 9.90 Å². The van der Waals surface area contributed by atoms with Crippen molar-refractivity contribution in [3.05, 3.63) is 41.7 Å². The number of carbonyl (C=O) groups excluding carboxylic acids is 1. The topological polar surface area (TPSA) is 90.9 Å². The van der Waals surface area contributed by atoms with Crippen LogP contribution in [0.2, 0.25) is 0 Å². The van der Waals surface area contributed by atoms with E-state index in [9.17, 15) is 4.79 Å². The summed E-state index contributed by atoms with van der Waals surface area (Å²) in [5.41, 5.74) is 1.68. The molecule has 1 aromatic heterocycles. The first-order chi connectivity index (χ1) is 9.29. The van der Waals surface area contributed by atoms with Crippen LogP contribution in [-0.2, 0) is 5.75 Å². The van der Waals surface area contributed by atoms with Gasteiger partial charge in [0.25, 0.3) is 5.91 Å². The average Bonchev–Trinajstić information content (AvgIpc) is 2.96. The lowest BCUT2D eigenvalue weighted by molar-refractivity contribution is 0.0945. The van der Waals surface area contributed by atoms with Crippen LogP contribution in [0.3, 0.4) is 0 Å². The summed E-state index contributed by atoms with van der Waals surface area (Å²) >= 11 is 1.55. The molecule has 19 heavy (non-hydrogen) atoms. The van der Waals surface area contributed by atoms with Crippen LogP contribution in [0, 0.1) is 0 Å². The number of rotatable bonds is 6. The smallest absolute Gasteiger partial charge is 0.251 e. The van der Waals surface area contributed by atoms with E-state index in [0.717, 1.165) is 16.5 Å². The third kappa shape index (κ3) is 4.08. The van der Waals surface area contributed by atoms with Crippen LogP contribution in [0.5, 0.6) is 0 Å². The third-order valence-corrected chi connectivity index (χ3v) is 3.33. The van der Waals surface area contributed by atoms with Gasteiger partial charge in [0.1, 0.15) is 6.33 Å². The molecule has 0 fully saturated rings. The number of aliphatic hydroxyl groups excluding tert-OH is 1. The van der Waals surface area contributed by atoms with E-state index in [-0.39, 0.29) is 19.1 Å². The van der Waals surface area contributed by atoms with Crippen LogP contribution in [0.4, 0.5) is 0 Å². The Morgan fingerprint density at radius 3 is 2.79 bits per heavy atom. The number of thioether (sulfide) groups is 1. The minimum atomic E-state index is -0.177. The van der Waals surface area contributed by atoms with Gasteiger partial charge in [-0.1, -0.05) is 23.9 Å². The highest BCUT2D eigenvalue weighted by molar-refractivity contribution is 7.98. The monoisotopic (exact) mass is 278 g/mol. The van der Waals surface area contributed by atoms with Crippen molar-refractivity contribution in [3.63, 3.8) is 0 Å². The van der Waals surface area contributed by atoms with Gasteiger partial charge in [-0.05, 0) is 17.7 Å². The molecule has 2 aromatic rings. The van der Waals surface area contributed by atoms with Crippen molar-refractivity contribution in [3.8, 4) is 0 Å². The van der Waals surface area contributed by atoms with Crippen LogP contribution in [0.25, 0.3) is 0 Å². The Morgan fingerprint density at radius 2 is 2.16 bits per heavy atom. The molecule has 3 N–H and O–H groups in total. The van der Waals surface area contributed by atoms with Gasteiger partial charge in [0, 0.05) is 17.9 Å².